The number of pyridine rings is 1. The molecule has 0 aliphatic carbocycles. The zero-order chi connectivity index (χ0) is 13.5. The molecule has 0 saturated carbocycles. The smallest absolute Gasteiger partial charge is 0.272 e. The second-order valence-electron chi connectivity index (χ2n) is 4.64. The number of hydrogen-bond donors (Lipinski definition) is 0. The van der Waals surface area contributed by atoms with Gasteiger partial charge < -0.3 is 4.90 Å². The van der Waals surface area contributed by atoms with Crippen molar-refractivity contribution in [3.8, 4) is 0 Å². The minimum absolute atomic E-state index is 0.0161. The molecule has 0 spiro atoms. The van der Waals surface area contributed by atoms with E-state index in [0.29, 0.717) is 10.3 Å². The van der Waals surface area contributed by atoms with Gasteiger partial charge >= 0.3 is 0 Å². The van der Waals surface area contributed by atoms with E-state index in [1.54, 1.807) is 6.07 Å². The van der Waals surface area contributed by atoms with Crippen LogP contribution in [0.5, 0.6) is 0 Å². The number of carbonyl (C=O) groups is 1. The van der Waals surface area contributed by atoms with Crippen molar-refractivity contribution in [1.82, 2.24) is 9.88 Å². The van der Waals surface area contributed by atoms with Gasteiger partial charge in [-0.25, -0.2) is 4.98 Å². The third-order valence-electron chi connectivity index (χ3n) is 2.82. The second-order valence-corrected chi connectivity index (χ2v) is 5.46. The highest BCUT2D eigenvalue weighted by Gasteiger charge is 2.19. The molecule has 0 fully saturated rings. The molecule has 0 atom stereocenters. The lowest BCUT2D eigenvalue weighted by Crippen LogP contribution is -2.38. The fraction of sp³-hybridized carbons (Fsp3) is 0.571. The van der Waals surface area contributed by atoms with Gasteiger partial charge in [-0.1, -0.05) is 25.8 Å². The standard InChI is InChI=1S/C14H21BrN2O/c1-4-5-6-10-17(11(2)3)14(18)12-8-7-9-13(15)16-12/h7-9,11H,4-6,10H2,1-3H3. The summed E-state index contributed by atoms with van der Waals surface area (Å²) in [6.45, 7) is 7.06. The van der Waals surface area contributed by atoms with Crippen LogP contribution in [0.2, 0.25) is 0 Å². The molecular formula is C14H21BrN2O. The van der Waals surface area contributed by atoms with E-state index in [-0.39, 0.29) is 11.9 Å². The van der Waals surface area contributed by atoms with Gasteiger partial charge in [0.1, 0.15) is 10.3 Å². The van der Waals surface area contributed by atoms with Crippen LogP contribution in [0.4, 0.5) is 0 Å². The van der Waals surface area contributed by atoms with Crippen molar-refractivity contribution in [3.05, 3.63) is 28.5 Å². The van der Waals surface area contributed by atoms with Crippen LogP contribution in [0.3, 0.4) is 0 Å². The SMILES string of the molecule is CCCCCN(C(=O)c1cccc(Br)n1)C(C)C. The van der Waals surface area contributed by atoms with Gasteiger partial charge in [-0.15, -0.1) is 0 Å². The number of nitrogens with zero attached hydrogens (tertiary/aromatic N) is 2. The van der Waals surface area contributed by atoms with Crippen LogP contribution in [0, 0.1) is 0 Å². The van der Waals surface area contributed by atoms with Crippen LogP contribution in [0.1, 0.15) is 50.5 Å². The van der Waals surface area contributed by atoms with E-state index in [9.17, 15) is 4.79 Å². The third kappa shape index (κ3) is 4.41. The Labute approximate surface area is 118 Å². The lowest BCUT2D eigenvalue weighted by Gasteiger charge is -2.26. The molecule has 1 aromatic heterocycles. The van der Waals surface area contributed by atoms with Crippen molar-refractivity contribution in [2.45, 2.75) is 46.1 Å². The molecule has 18 heavy (non-hydrogen) atoms. The first-order valence-electron chi connectivity index (χ1n) is 6.49. The molecule has 0 aliphatic rings. The topological polar surface area (TPSA) is 33.2 Å². The number of aromatic nitrogens is 1. The minimum atomic E-state index is 0.0161. The molecule has 0 N–H and O–H groups in total. The first kappa shape index (κ1) is 15.2. The number of halogens is 1. The Hall–Kier alpha value is -0.900. The fourth-order valence-electron chi connectivity index (χ4n) is 1.80. The molecule has 0 bridgehead atoms. The number of hydrogen-bond acceptors (Lipinski definition) is 2. The van der Waals surface area contributed by atoms with Crippen molar-refractivity contribution in [2.24, 2.45) is 0 Å². The molecule has 100 valence electrons. The van der Waals surface area contributed by atoms with E-state index in [0.717, 1.165) is 25.8 Å². The Bertz CT molecular complexity index is 393. The highest BCUT2D eigenvalue weighted by Crippen LogP contribution is 2.12. The fourth-order valence-corrected chi connectivity index (χ4v) is 2.14. The van der Waals surface area contributed by atoms with Crippen molar-refractivity contribution in [1.29, 1.82) is 0 Å². The largest absolute Gasteiger partial charge is 0.335 e. The molecule has 0 saturated heterocycles. The maximum absolute atomic E-state index is 12.4. The van der Waals surface area contributed by atoms with Gasteiger partial charge in [-0.2, -0.15) is 0 Å². The van der Waals surface area contributed by atoms with E-state index >= 15 is 0 Å². The molecule has 0 aliphatic heterocycles. The predicted molar refractivity (Wildman–Crippen MR) is 77.6 cm³/mol. The number of unbranched alkanes of at least 4 members (excludes halogenated alkanes) is 2. The number of carbonyl (C=O) groups excluding carboxylic acids is 1. The average molecular weight is 313 g/mol. The normalized spacial score (nSPS) is 10.7. The van der Waals surface area contributed by atoms with Gasteiger partial charge in [0.2, 0.25) is 0 Å². The van der Waals surface area contributed by atoms with E-state index in [2.05, 4.69) is 27.8 Å². The van der Waals surface area contributed by atoms with E-state index in [4.69, 9.17) is 0 Å². The van der Waals surface area contributed by atoms with Crippen LogP contribution in [-0.4, -0.2) is 28.4 Å². The van der Waals surface area contributed by atoms with E-state index < -0.39 is 0 Å². The maximum atomic E-state index is 12.4. The van der Waals surface area contributed by atoms with Crippen molar-refractivity contribution >= 4 is 21.8 Å². The molecule has 0 radical (unpaired) electrons. The van der Waals surface area contributed by atoms with Gasteiger partial charge in [-0.05, 0) is 48.3 Å². The van der Waals surface area contributed by atoms with E-state index in [1.165, 1.54) is 0 Å². The summed E-state index contributed by atoms with van der Waals surface area (Å²) in [5.74, 6) is 0.0161. The number of rotatable bonds is 6. The summed E-state index contributed by atoms with van der Waals surface area (Å²) in [5.41, 5.74) is 0.509. The molecule has 1 heterocycles. The molecule has 1 amide bonds. The third-order valence-corrected chi connectivity index (χ3v) is 3.26. The summed E-state index contributed by atoms with van der Waals surface area (Å²) >= 11 is 3.30. The lowest BCUT2D eigenvalue weighted by molar-refractivity contribution is 0.0696. The molecule has 0 aromatic carbocycles. The molecule has 3 nitrogen and oxygen atoms in total. The summed E-state index contributed by atoms with van der Waals surface area (Å²) in [5, 5.41) is 0. The second kappa shape index (κ2) is 7.52. The number of amides is 1. The highest BCUT2D eigenvalue weighted by molar-refractivity contribution is 9.10. The summed E-state index contributed by atoms with van der Waals surface area (Å²) in [7, 11) is 0. The molecular weight excluding hydrogens is 292 g/mol. The summed E-state index contributed by atoms with van der Waals surface area (Å²) in [6, 6.07) is 5.64. The van der Waals surface area contributed by atoms with Crippen molar-refractivity contribution in [3.63, 3.8) is 0 Å². The summed E-state index contributed by atoms with van der Waals surface area (Å²) in [6.07, 6.45) is 3.37. The maximum Gasteiger partial charge on any atom is 0.272 e. The minimum Gasteiger partial charge on any atom is -0.335 e. The Balaban J connectivity index is 2.76. The van der Waals surface area contributed by atoms with Crippen LogP contribution in [0.25, 0.3) is 0 Å². The molecule has 4 heteroatoms. The van der Waals surface area contributed by atoms with Crippen LogP contribution >= 0.6 is 15.9 Å². The van der Waals surface area contributed by atoms with Crippen LogP contribution < -0.4 is 0 Å². The van der Waals surface area contributed by atoms with Crippen LogP contribution in [-0.2, 0) is 0 Å². The van der Waals surface area contributed by atoms with Gasteiger partial charge in [-0.3, -0.25) is 4.79 Å². The van der Waals surface area contributed by atoms with E-state index in [1.807, 2.05) is 30.9 Å². The van der Waals surface area contributed by atoms with Crippen molar-refractivity contribution < 1.29 is 4.79 Å². The Morgan fingerprint density at radius 1 is 1.39 bits per heavy atom. The van der Waals surface area contributed by atoms with Crippen LogP contribution in [0.15, 0.2) is 22.8 Å². The first-order valence-corrected chi connectivity index (χ1v) is 7.29. The first-order chi connectivity index (χ1) is 8.56. The van der Waals surface area contributed by atoms with Gasteiger partial charge in [0, 0.05) is 12.6 Å². The molecule has 0 unspecified atom stereocenters. The van der Waals surface area contributed by atoms with Gasteiger partial charge in [0.25, 0.3) is 5.91 Å². The molecule has 1 aromatic rings. The highest BCUT2D eigenvalue weighted by atomic mass is 79.9. The Kier molecular flexibility index (Phi) is 6.33. The van der Waals surface area contributed by atoms with Gasteiger partial charge in [0.15, 0.2) is 0 Å². The Morgan fingerprint density at radius 3 is 2.67 bits per heavy atom. The molecule has 1 rings (SSSR count). The van der Waals surface area contributed by atoms with Crippen molar-refractivity contribution in [2.75, 3.05) is 6.54 Å². The lowest BCUT2D eigenvalue weighted by atomic mass is 10.2. The zero-order valence-electron chi connectivity index (χ0n) is 11.3. The Morgan fingerprint density at radius 2 is 2.11 bits per heavy atom. The van der Waals surface area contributed by atoms with Gasteiger partial charge in [0.05, 0.1) is 0 Å². The average Bonchev–Trinajstić information content (AvgIpc) is 2.33. The monoisotopic (exact) mass is 312 g/mol. The zero-order valence-corrected chi connectivity index (χ0v) is 12.9. The summed E-state index contributed by atoms with van der Waals surface area (Å²) in [4.78, 5) is 18.5. The predicted octanol–water partition coefficient (Wildman–Crippen LogP) is 3.88. The summed E-state index contributed by atoms with van der Waals surface area (Å²) < 4.78 is 0.700. The quantitative estimate of drug-likeness (QED) is 0.590.